The summed E-state index contributed by atoms with van der Waals surface area (Å²) in [5.41, 5.74) is 1.57. The van der Waals surface area contributed by atoms with Gasteiger partial charge in [-0.15, -0.1) is 0 Å². The number of nitrogens with zero attached hydrogens (tertiary/aromatic N) is 3. The summed E-state index contributed by atoms with van der Waals surface area (Å²) in [4.78, 5) is 43.6. The molecular weight excluding hydrogens is 372 g/mol. The summed E-state index contributed by atoms with van der Waals surface area (Å²) in [6.07, 6.45) is 1.54. The van der Waals surface area contributed by atoms with E-state index in [1.54, 1.807) is 21.9 Å². The second-order valence-corrected chi connectivity index (χ2v) is 7.79. The van der Waals surface area contributed by atoms with Gasteiger partial charge in [-0.1, -0.05) is 0 Å². The average Bonchev–Trinajstić information content (AvgIpc) is 2.77. The first kappa shape index (κ1) is 21.1. The molecule has 0 aromatic heterocycles. The molecule has 0 radical (unpaired) electrons. The normalized spacial score (nSPS) is 20.3. The van der Waals surface area contributed by atoms with Gasteiger partial charge in [0.25, 0.3) is 5.91 Å². The van der Waals surface area contributed by atoms with Crippen LogP contribution in [0.25, 0.3) is 0 Å². The number of nitrogens with one attached hydrogen (secondary N) is 1. The van der Waals surface area contributed by atoms with Crippen molar-refractivity contribution in [1.82, 2.24) is 15.1 Å². The summed E-state index contributed by atoms with van der Waals surface area (Å²) >= 11 is 0. The van der Waals surface area contributed by atoms with E-state index in [1.165, 1.54) is 7.11 Å². The molecule has 0 saturated carbocycles. The van der Waals surface area contributed by atoms with E-state index in [-0.39, 0.29) is 24.3 Å². The van der Waals surface area contributed by atoms with Crippen LogP contribution in [0.4, 0.5) is 5.69 Å². The minimum absolute atomic E-state index is 0.00988. The Morgan fingerprint density at radius 1 is 1.07 bits per heavy atom. The molecule has 1 atom stereocenters. The molecule has 158 valence electrons. The molecule has 0 bridgehead atoms. The molecular formula is C21H30N4O4. The Balaban J connectivity index is 1.72. The van der Waals surface area contributed by atoms with Gasteiger partial charge in [-0.25, -0.2) is 4.79 Å². The van der Waals surface area contributed by atoms with E-state index in [0.717, 1.165) is 31.6 Å². The molecule has 2 amide bonds. The van der Waals surface area contributed by atoms with Crippen molar-refractivity contribution in [2.75, 3.05) is 58.8 Å². The van der Waals surface area contributed by atoms with Crippen molar-refractivity contribution in [3.8, 4) is 0 Å². The van der Waals surface area contributed by atoms with Crippen molar-refractivity contribution in [1.29, 1.82) is 0 Å². The zero-order chi connectivity index (χ0) is 21.0. The fourth-order valence-corrected chi connectivity index (χ4v) is 3.96. The van der Waals surface area contributed by atoms with E-state index < -0.39 is 12.0 Å². The molecule has 2 heterocycles. The number of rotatable bonds is 4. The zero-order valence-electron chi connectivity index (χ0n) is 17.4. The third-order valence-corrected chi connectivity index (χ3v) is 5.74. The van der Waals surface area contributed by atoms with E-state index >= 15 is 0 Å². The number of piperidine rings is 1. The van der Waals surface area contributed by atoms with Gasteiger partial charge < -0.3 is 24.8 Å². The Labute approximate surface area is 171 Å². The molecule has 29 heavy (non-hydrogen) atoms. The molecule has 3 rings (SSSR count). The maximum atomic E-state index is 13.0. The first-order chi connectivity index (χ1) is 13.9. The summed E-state index contributed by atoms with van der Waals surface area (Å²) in [6, 6.07) is 6.60. The first-order valence-corrected chi connectivity index (χ1v) is 10.1. The van der Waals surface area contributed by atoms with Crippen LogP contribution >= 0.6 is 0 Å². The van der Waals surface area contributed by atoms with Gasteiger partial charge in [-0.05, 0) is 50.2 Å². The molecule has 0 spiro atoms. The van der Waals surface area contributed by atoms with Gasteiger partial charge in [0, 0.05) is 44.4 Å². The fraction of sp³-hybridized carbons (Fsp3) is 0.571. The highest BCUT2D eigenvalue weighted by atomic mass is 16.5. The quantitative estimate of drug-likeness (QED) is 0.742. The average molecular weight is 402 g/mol. The van der Waals surface area contributed by atoms with Gasteiger partial charge in [0.05, 0.1) is 13.7 Å². The molecule has 1 aromatic rings. The summed E-state index contributed by atoms with van der Waals surface area (Å²) in [6.45, 7) is 2.50. The predicted octanol–water partition coefficient (Wildman–Crippen LogP) is 0.578. The van der Waals surface area contributed by atoms with Gasteiger partial charge in [0.1, 0.15) is 6.04 Å². The SMILES string of the molecule is COC(=O)C1CN(C(=O)c2ccc(N(C)C)cc2)CCN1C(=O)C1CCNCC1. The van der Waals surface area contributed by atoms with Crippen LogP contribution in [0.3, 0.4) is 0 Å². The minimum Gasteiger partial charge on any atom is -0.467 e. The Hall–Kier alpha value is -2.61. The minimum atomic E-state index is -0.763. The Morgan fingerprint density at radius 3 is 2.31 bits per heavy atom. The van der Waals surface area contributed by atoms with E-state index in [2.05, 4.69) is 5.32 Å². The number of ether oxygens (including phenoxy) is 1. The number of hydrogen-bond acceptors (Lipinski definition) is 6. The summed E-state index contributed by atoms with van der Waals surface area (Å²) in [7, 11) is 5.20. The number of amides is 2. The molecule has 8 nitrogen and oxygen atoms in total. The van der Waals surface area contributed by atoms with Crippen LogP contribution in [0.15, 0.2) is 24.3 Å². The van der Waals surface area contributed by atoms with Crippen LogP contribution in [0.1, 0.15) is 23.2 Å². The number of esters is 1. The summed E-state index contributed by atoms with van der Waals surface area (Å²) in [5, 5.41) is 3.25. The van der Waals surface area contributed by atoms with Crippen molar-refractivity contribution < 1.29 is 19.1 Å². The van der Waals surface area contributed by atoms with Crippen molar-refractivity contribution in [3.63, 3.8) is 0 Å². The molecule has 2 aliphatic heterocycles. The number of hydrogen-bond donors (Lipinski definition) is 1. The van der Waals surface area contributed by atoms with Gasteiger partial charge in [-0.3, -0.25) is 9.59 Å². The third-order valence-electron chi connectivity index (χ3n) is 5.74. The number of piperazine rings is 1. The fourth-order valence-electron chi connectivity index (χ4n) is 3.96. The van der Waals surface area contributed by atoms with Crippen LogP contribution < -0.4 is 10.2 Å². The highest BCUT2D eigenvalue weighted by Crippen LogP contribution is 2.22. The molecule has 1 aromatic carbocycles. The van der Waals surface area contributed by atoms with E-state index in [1.807, 2.05) is 31.1 Å². The maximum Gasteiger partial charge on any atom is 0.330 e. The molecule has 0 aliphatic carbocycles. The van der Waals surface area contributed by atoms with Crippen LogP contribution in [0, 0.1) is 5.92 Å². The van der Waals surface area contributed by atoms with Crippen molar-refractivity contribution >= 4 is 23.5 Å². The lowest BCUT2D eigenvalue weighted by Crippen LogP contribution is -2.61. The standard InChI is InChI=1S/C21H30N4O4/c1-23(2)17-6-4-15(5-7-17)19(26)24-12-13-25(18(14-24)21(28)29-3)20(27)16-8-10-22-11-9-16/h4-7,16,18,22H,8-14H2,1-3H3. The van der Waals surface area contributed by atoms with Crippen LogP contribution in [-0.2, 0) is 14.3 Å². The van der Waals surface area contributed by atoms with Gasteiger partial charge in [-0.2, -0.15) is 0 Å². The summed E-state index contributed by atoms with van der Waals surface area (Å²) in [5.74, 6) is -0.709. The molecule has 8 heteroatoms. The molecule has 1 unspecified atom stereocenters. The Morgan fingerprint density at radius 2 is 1.72 bits per heavy atom. The number of benzene rings is 1. The van der Waals surface area contributed by atoms with Crippen LogP contribution in [0.2, 0.25) is 0 Å². The molecule has 1 N–H and O–H groups in total. The van der Waals surface area contributed by atoms with Gasteiger partial charge in [0.2, 0.25) is 5.91 Å². The first-order valence-electron chi connectivity index (χ1n) is 10.1. The second kappa shape index (κ2) is 9.26. The maximum absolute atomic E-state index is 13.0. The lowest BCUT2D eigenvalue weighted by molar-refractivity contribution is -0.157. The van der Waals surface area contributed by atoms with E-state index in [9.17, 15) is 14.4 Å². The number of carbonyl (C=O) groups is 3. The molecule has 2 fully saturated rings. The van der Waals surface area contributed by atoms with Crippen molar-refractivity contribution in [2.24, 2.45) is 5.92 Å². The van der Waals surface area contributed by atoms with Crippen molar-refractivity contribution in [2.45, 2.75) is 18.9 Å². The lowest BCUT2D eigenvalue weighted by Gasteiger charge is -2.41. The molecule has 2 saturated heterocycles. The molecule has 2 aliphatic rings. The highest BCUT2D eigenvalue weighted by molar-refractivity contribution is 5.95. The Kier molecular flexibility index (Phi) is 6.74. The predicted molar refractivity (Wildman–Crippen MR) is 110 cm³/mol. The van der Waals surface area contributed by atoms with E-state index in [0.29, 0.717) is 18.7 Å². The Bertz CT molecular complexity index is 744. The third kappa shape index (κ3) is 4.70. The van der Waals surface area contributed by atoms with E-state index in [4.69, 9.17) is 4.74 Å². The smallest absolute Gasteiger partial charge is 0.330 e. The lowest BCUT2D eigenvalue weighted by atomic mass is 9.95. The topological polar surface area (TPSA) is 82.2 Å². The van der Waals surface area contributed by atoms with Crippen LogP contribution in [-0.4, -0.2) is 87.6 Å². The number of methoxy groups -OCH3 is 1. The second-order valence-electron chi connectivity index (χ2n) is 7.79. The highest BCUT2D eigenvalue weighted by Gasteiger charge is 2.40. The van der Waals surface area contributed by atoms with Gasteiger partial charge in [0.15, 0.2) is 0 Å². The zero-order valence-corrected chi connectivity index (χ0v) is 17.4. The number of carbonyl (C=O) groups excluding carboxylic acids is 3. The van der Waals surface area contributed by atoms with Gasteiger partial charge >= 0.3 is 5.97 Å². The summed E-state index contributed by atoms with van der Waals surface area (Å²) < 4.78 is 4.94. The monoisotopic (exact) mass is 402 g/mol. The number of anilines is 1. The van der Waals surface area contributed by atoms with Crippen molar-refractivity contribution in [3.05, 3.63) is 29.8 Å². The van der Waals surface area contributed by atoms with Crippen LogP contribution in [0.5, 0.6) is 0 Å². The largest absolute Gasteiger partial charge is 0.467 e.